The Kier molecular flexibility index (Phi) is 4.46. The van der Waals surface area contributed by atoms with E-state index in [1.807, 2.05) is 30.3 Å². The number of hydrogen-bond acceptors (Lipinski definition) is 1. The van der Waals surface area contributed by atoms with E-state index in [0.717, 1.165) is 22.3 Å². The van der Waals surface area contributed by atoms with Crippen molar-refractivity contribution in [3.63, 3.8) is 0 Å². The van der Waals surface area contributed by atoms with E-state index in [9.17, 15) is 0 Å². The van der Waals surface area contributed by atoms with Crippen LogP contribution in [0.5, 0.6) is 0 Å². The summed E-state index contributed by atoms with van der Waals surface area (Å²) in [7, 11) is 0. The summed E-state index contributed by atoms with van der Waals surface area (Å²) in [4.78, 5) is 0. The number of benzene rings is 2. The molecule has 17 heavy (non-hydrogen) atoms. The maximum Gasteiger partial charge on any atom is 0.0474 e. The molecule has 0 aliphatic rings. The van der Waals surface area contributed by atoms with E-state index in [4.69, 9.17) is 11.6 Å². The fourth-order valence-electron chi connectivity index (χ4n) is 1.62. The molecule has 0 aliphatic carbocycles. The van der Waals surface area contributed by atoms with Gasteiger partial charge >= 0.3 is 0 Å². The average Bonchev–Trinajstić information content (AvgIpc) is 2.37. The van der Waals surface area contributed by atoms with Crippen LogP contribution in [0.1, 0.15) is 11.1 Å². The zero-order valence-electron chi connectivity index (χ0n) is 9.29. The average molecular weight is 311 g/mol. The van der Waals surface area contributed by atoms with Crippen LogP contribution < -0.4 is 5.32 Å². The van der Waals surface area contributed by atoms with Gasteiger partial charge in [-0.3, -0.25) is 0 Å². The molecule has 0 aromatic heterocycles. The van der Waals surface area contributed by atoms with Gasteiger partial charge in [0.15, 0.2) is 0 Å². The first kappa shape index (κ1) is 12.5. The Morgan fingerprint density at radius 1 is 1.00 bits per heavy atom. The molecule has 0 heterocycles. The second-order valence-corrected chi connectivity index (χ2v) is 5.00. The van der Waals surface area contributed by atoms with Gasteiger partial charge in [0.05, 0.1) is 0 Å². The van der Waals surface area contributed by atoms with E-state index in [1.165, 1.54) is 5.56 Å². The van der Waals surface area contributed by atoms with Crippen LogP contribution in [0.2, 0.25) is 0 Å². The number of halogens is 2. The molecule has 0 saturated carbocycles. The Morgan fingerprint density at radius 2 is 1.76 bits per heavy atom. The van der Waals surface area contributed by atoms with Gasteiger partial charge in [0.1, 0.15) is 0 Å². The van der Waals surface area contributed by atoms with Gasteiger partial charge in [-0.25, -0.2) is 0 Å². The molecule has 0 saturated heterocycles. The van der Waals surface area contributed by atoms with E-state index >= 15 is 0 Å². The van der Waals surface area contributed by atoms with Gasteiger partial charge in [-0.05, 0) is 35.4 Å². The molecular formula is C14H13BrClN. The normalized spacial score (nSPS) is 10.2. The smallest absolute Gasteiger partial charge is 0.0474 e. The highest BCUT2D eigenvalue weighted by molar-refractivity contribution is 9.10. The highest BCUT2D eigenvalue weighted by atomic mass is 79.9. The lowest BCUT2D eigenvalue weighted by molar-refractivity contribution is 1.14. The molecule has 0 aliphatic heterocycles. The molecule has 0 radical (unpaired) electrons. The summed E-state index contributed by atoms with van der Waals surface area (Å²) >= 11 is 9.27. The topological polar surface area (TPSA) is 12.0 Å². The largest absolute Gasteiger partial charge is 0.381 e. The number of hydrogen-bond donors (Lipinski definition) is 1. The van der Waals surface area contributed by atoms with E-state index < -0.39 is 0 Å². The summed E-state index contributed by atoms with van der Waals surface area (Å²) < 4.78 is 1.10. The highest BCUT2D eigenvalue weighted by Gasteiger charge is 1.96. The molecule has 2 aromatic carbocycles. The maximum atomic E-state index is 5.80. The van der Waals surface area contributed by atoms with E-state index in [0.29, 0.717) is 5.88 Å². The van der Waals surface area contributed by atoms with E-state index in [-0.39, 0.29) is 0 Å². The zero-order chi connectivity index (χ0) is 12.1. The maximum absolute atomic E-state index is 5.80. The first-order valence-corrected chi connectivity index (χ1v) is 6.74. The van der Waals surface area contributed by atoms with Crippen LogP contribution in [-0.4, -0.2) is 0 Å². The second-order valence-electron chi connectivity index (χ2n) is 3.82. The number of rotatable bonds is 4. The van der Waals surface area contributed by atoms with Crippen LogP contribution in [0.3, 0.4) is 0 Å². The van der Waals surface area contributed by atoms with Crippen LogP contribution in [0.15, 0.2) is 53.0 Å². The highest BCUT2D eigenvalue weighted by Crippen LogP contribution is 2.15. The minimum Gasteiger partial charge on any atom is -0.381 e. The Bertz CT molecular complexity index is 499. The van der Waals surface area contributed by atoms with Crippen molar-refractivity contribution < 1.29 is 0 Å². The van der Waals surface area contributed by atoms with Crippen molar-refractivity contribution in [3.8, 4) is 0 Å². The molecule has 0 amide bonds. The first-order valence-electron chi connectivity index (χ1n) is 5.41. The van der Waals surface area contributed by atoms with Gasteiger partial charge in [-0.1, -0.05) is 40.2 Å². The van der Waals surface area contributed by atoms with Crippen LogP contribution in [0.25, 0.3) is 0 Å². The van der Waals surface area contributed by atoms with Gasteiger partial charge in [0.2, 0.25) is 0 Å². The summed E-state index contributed by atoms with van der Waals surface area (Å²) in [5, 5.41) is 3.38. The lowest BCUT2D eigenvalue weighted by Crippen LogP contribution is -1.99. The predicted molar refractivity (Wildman–Crippen MR) is 77.5 cm³/mol. The third-order valence-electron chi connectivity index (χ3n) is 2.47. The molecular weight excluding hydrogens is 298 g/mol. The lowest BCUT2D eigenvalue weighted by Gasteiger charge is -2.08. The summed E-state index contributed by atoms with van der Waals surface area (Å²) in [6.45, 7) is 0.811. The number of anilines is 1. The van der Waals surface area contributed by atoms with Crippen LogP contribution in [-0.2, 0) is 12.4 Å². The van der Waals surface area contributed by atoms with Crippen molar-refractivity contribution in [2.75, 3.05) is 5.32 Å². The third-order valence-corrected chi connectivity index (χ3v) is 3.27. The quantitative estimate of drug-likeness (QED) is 0.800. The van der Waals surface area contributed by atoms with Gasteiger partial charge in [0, 0.05) is 22.6 Å². The molecule has 0 spiro atoms. The minimum absolute atomic E-state index is 0.548. The Balaban J connectivity index is 2.02. The lowest BCUT2D eigenvalue weighted by atomic mass is 10.2. The molecule has 3 heteroatoms. The van der Waals surface area contributed by atoms with Gasteiger partial charge in [-0.15, -0.1) is 11.6 Å². The Morgan fingerprint density at radius 3 is 2.53 bits per heavy atom. The number of alkyl halides is 1. The predicted octanol–water partition coefficient (Wildman–Crippen LogP) is 4.80. The second kappa shape index (κ2) is 6.08. The molecule has 2 aromatic rings. The standard InChI is InChI=1S/C14H13BrClN/c15-13-5-1-4-12(7-13)10-17-14-6-2-3-11(8-14)9-16/h1-8,17H,9-10H2. The van der Waals surface area contributed by atoms with Crippen molar-refractivity contribution in [1.29, 1.82) is 0 Å². The SMILES string of the molecule is ClCc1cccc(NCc2cccc(Br)c2)c1. The molecule has 0 atom stereocenters. The Labute approximate surface area is 115 Å². The van der Waals surface area contributed by atoms with Crippen LogP contribution in [0, 0.1) is 0 Å². The molecule has 1 N–H and O–H groups in total. The van der Waals surface area contributed by atoms with Crippen LogP contribution in [0.4, 0.5) is 5.69 Å². The Hall–Kier alpha value is -0.990. The van der Waals surface area contributed by atoms with Crippen molar-refractivity contribution >= 4 is 33.2 Å². The van der Waals surface area contributed by atoms with Crippen LogP contribution >= 0.6 is 27.5 Å². The van der Waals surface area contributed by atoms with Crippen molar-refractivity contribution in [1.82, 2.24) is 0 Å². The third kappa shape index (κ3) is 3.76. The molecule has 0 fully saturated rings. The molecule has 1 nitrogen and oxygen atoms in total. The molecule has 2 rings (SSSR count). The van der Waals surface area contributed by atoms with Gasteiger partial charge < -0.3 is 5.32 Å². The summed E-state index contributed by atoms with van der Waals surface area (Å²) in [6.07, 6.45) is 0. The van der Waals surface area contributed by atoms with E-state index in [1.54, 1.807) is 0 Å². The summed E-state index contributed by atoms with van der Waals surface area (Å²) in [6, 6.07) is 16.4. The molecule has 0 unspecified atom stereocenters. The minimum atomic E-state index is 0.548. The van der Waals surface area contributed by atoms with Gasteiger partial charge in [-0.2, -0.15) is 0 Å². The summed E-state index contributed by atoms with van der Waals surface area (Å²) in [5.74, 6) is 0.548. The first-order chi connectivity index (χ1) is 8.28. The zero-order valence-corrected chi connectivity index (χ0v) is 11.6. The van der Waals surface area contributed by atoms with E-state index in [2.05, 4.69) is 39.4 Å². The van der Waals surface area contributed by atoms with Crippen molar-refractivity contribution in [3.05, 3.63) is 64.1 Å². The van der Waals surface area contributed by atoms with Gasteiger partial charge in [0.25, 0.3) is 0 Å². The van der Waals surface area contributed by atoms with Crippen molar-refractivity contribution in [2.45, 2.75) is 12.4 Å². The van der Waals surface area contributed by atoms with Crippen molar-refractivity contribution in [2.24, 2.45) is 0 Å². The number of nitrogens with one attached hydrogen (secondary N) is 1. The monoisotopic (exact) mass is 309 g/mol. The fourth-order valence-corrected chi connectivity index (χ4v) is 2.23. The molecule has 0 bridgehead atoms. The molecule has 88 valence electrons. The summed E-state index contributed by atoms with van der Waals surface area (Å²) in [5.41, 5.74) is 3.48. The fraction of sp³-hybridized carbons (Fsp3) is 0.143.